The Morgan fingerprint density at radius 1 is 1.04 bits per heavy atom. The van der Waals surface area contributed by atoms with Gasteiger partial charge in [0, 0.05) is 47.1 Å². The van der Waals surface area contributed by atoms with Gasteiger partial charge in [-0.2, -0.15) is 0 Å². The fourth-order valence-electron chi connectivity index (χ4n) is 2.76. The molecule has 1 saturated heterocycles. The third-order valence-electron chi connectivity index (χ3n) is 4.21. The first kappa shape index (κ1) is 17.8. The Morgan fingerprint density at radius 3 is 2.32 bits per heavy atom. The zero-order valence-corrected chi connectivity index (χ0v) is 15.0. The third kappa shape index (κ3) is 4.55. The summed E-state index contributed by atoms with van der Waals surface area (Å²) in [5, 5.41) is 11.8. The first-order valence-corrected chi connectivity index (χ1v) is 8.77. The van der Waals surface area contributed by atoms with Crippen molar-refractivity contribution in [3.05, 3.63) is 69.7 Å². The second-order valence-electron chi connectivity index (χ2n) is 6.09. The SMILES string of the molecule is O=C(c1cccc(Cl)c1)N1CCC(O)(C#Cc2cccc(Cl)c2)CC1. The van der Waals surface area contributed by atoms with Crippen molar-refractivity contribution in [1.82, 2.24) is 4.90 Å². The van der Waals surface area contributed by atoms with Crippen molar-refractivity contribution in [3.8, 4) is 11.8 Å². The van der Waals surface area contributed by atoms with Gasteiger partial charge in [-0.05, 0) is 36.4 Å². The number of piperidine rings is 1. The predicted octanol–water partition coefficient (Wildman–Crippen LogP) is 4.01. The zero-order valence-electron chi connectivity index (χ0n) is 13.5. The molecule has 0 bridgehead atoms. The van der Waals surface area contributed by atoms with E-state index >= 15 is 0 Å². The van der Waals surface area contributed by atoms with Crippen LogP contribution in [-0.2, 0) is 0 Å². The number of hydrogen-bond donors (Lipinski definition) is 1. The van der Waals surface area contributed by atoms with E-state index in [-0.39, 0.29) is 5.91 Å². The smallest absolute Gasteiger partial charge is 0.253 e. The van der Waals surface area contributed by atoms with Crippen LogP contribution in [0, 0.1) is 11.8 Å². The molecule has 0 aliphatic carbocycles. The number of likely N-dealkylation sites (tertiary alicyclic amines) is 1. The first-order chi connectivity index (χ1) is 12.0. The second kappa shape index (κ2) is 7.49. The monoisotopic (exact) mass is 373 g/mol. The van der Waals surface area contributed by atoms with Gasteiger partial charge in [0.1, 0.15) is 5.60 Å². The summed E-state index contributed by atoms with van der Waals surface area (Å²) in [6.07, 6.45) is 0.819. The molecule has 0 spiro atoms. The number of halogens is 2. The maximum Gasteiger partial charge on any atom is 0.253 e. The lowest BCUT2D eigenvalue weighted by Crippen LogP contribution is -2.46. The van der Waals surface area contributed by atoms with Crippen LogP contribution in [0.15, 0.2) is 48.5 Å². The third-order valence-corrected chi connectivity index (χ3v) is 4.68. The molecule has 1 heterocycles. The van der Waals surface area contributed by atoms with Crippen molar-refractivity contribution in [2.45, 2.75) is 18.4 Å². The molecule has 1 aliphatic heterocycles. The first-order valence-electron chi connectivity index (χ1n) is 8.01. The quantitative estimate of drug-likeness (QED) is 0.767. The Labute approximate surface area is 157 Å². The standard InChI is InChI=1S/C20H17Cl2NO2/c21-17-5-1-3-15(13-17)7-8-20(25)9-11-23(12-10-20)19(24)16-4-2-6-18(22)14-16/h1-6,13-14,25H,9-12H2. The maximum absolute atomic E-state index is 12.5. The molecule has 25 heavy (non-hydrogen) atoms. The molecule has 3 nitrogen and oxygen atoms in total. The van der Waals surface area contributed by atoms with Crippen molar-refractivity contribution >= 4 is 29.1 Å². The van der Waals surface area contributed by atoms with Crippen LogP contribution in [0.1, 0.15) is 28.8 Å². The average molecular weight is 374 g/mol. The van der Waals surface area contributed by atoms with E-state index in [1.807, 2.05) is 12.1 Å². The molecule has 0 atom stereocenters. The van der Waals surface area contributed by atoms with E-state index < -0.39 is 5.60 Å². The predicted molar refractivity (Wildman–Crippen MR) is 99.9 cm³/mol. The van der Waals surface area contributed by atoms with E-state index in [2.05, 4.69) is 11.8 Å². The molecule has 3 rings (SSSR count). The van der Waals surface area contributed by atoms with Crippen LogP contribution < -0.4 is 0 Å². The van der Waals surface area contributed by atoms with Gasteiger partial charge in [0.2, 0.25) is 0 Å². The molecule has 1 fully saturated rings. The van der Waals surface area contributed by atoms with Crippen LogP contribution in [0.5, 0.6) is 0 Å². The largest absolute Gasteiger partial charge is 0.377 e. The Morgan fingerprint density at radius 2 is 1.68 bits per heavy atom. The molecule has 0 unspecified atom stereocenters. The van der Waals surface area contributed by atoms with Crippen LogP contribution in [-0.4, -0.2) is 34.6 Å². The van der Waals surface area contributed by atoms with Gasteiger partial charge in [-0.1, -0.05) is 47.2 Å². The van der Waals surface area contributed by atoms with E-state index in [4.69, 9.17) is 23.2 Å². The summed E-state index contributed by atoms with van der Waals surface area (Å²) in [7, 11) is 0. The molecule has 1 amide bonds. The molecule has 0 aromatic heterocycles. The van der Waals surface area contributed by atoms with Crippen molar-refractivity contribution in [2.75, 3.05) is 13.1 Å². The Balaban J connectivity index is 1.66. The van der Waals surface area contributed by atoms with E-state index in [9.17, 15) is 9.90 Å². The van der Waals surface area contributed by atoms with Crippen molar-refractivity contribution in [3.63, 3.8) is 0 Å². The molecule has 0 radical (unpaired) electrons. The van der Waals surface area contributed by atoms with E-state index in [0.29, 0.717) is 41.5 Å². The molecule has 128 valence electrons. The van der Waals surface area contributed by atoms with Crippen molar-refractivity contribution in [1.29, 1.82) is 0 Å². The van der Waals surface area contributed by atoms with E-state index in [0.717, 1.165) is 5.56 Å². The number of benzene rings is 2. The summed E-state index contributed by atoms with van der Waals surface area (Å²) in [6.45, 7) is 0.901. The minimum absolute atomic E-state index is 0.0765. The van der Waals surface area contributed by atoms with Gasteiger partial charge in [-0.15, -0.1) is 0 Å². The lowest BCUT2D eigenvalue weighted by Gasteiger charge is -2.35. The lowest BCUT2D eigenvalue weighted by molar-refractivity contribution is 0.0249. The molecule has 5 heteroatoms. The molecule has 1 aliphatic rings. The Hall–Kier alpha value is -1.99. The Bertz CT molecular complexity index is 846. The van der Waals surface area contributed by atoms with Crippen LogP contribution in [0.3, 0.4) is 0 Å². The number of rotatable bonds is 1. The average Bonchev–Trinajstić information content (AvgIpc) is 2.60. The Kier molecular flexibility index (Phi) is 5.34. The maximum atomic E-state index is 12.5. The molecule has 2 aromatic carbocycles. The van der Waals surface area contributed by atoms with Crippen LogP contribution >= 0.6 is 23.2 Å². The van der Waals surface area contributed by atoms with Crippen molar-refractivity contribution in [2.24, 2.45) is 0 Å². The van der Waals surface area contributed by atoms with Gasteiger partial charge in [-0.25, -0.2) is 0 Å². The van der Waals surface area contributed by atoms with Gasteiger partial charge >= 0.3 is 0 Å². The van der Waals surface area contributed by atoms with E-state index in [1.165, 1.54) is 0 Å². The van der Waals surface area contributed by atoms with Gasteiger partial charge in [0.05, 0.1) is 0 Å². The van der Waals surface area contributed by atoms with Crippen LogP contribution in [0.25, 0.3) is 0 Å². The number of nitrogens with zero attached hydrogens (tertiary/aromatic N) is 1. The van der Waals surface area contributed by atoms with Crippen LogP contribution in [0.4, 0.5) is 0 Å². The highest BCUT2D eigenvalue weighted by Gasteiger charge is 2.32. The second-order valence-corrected chi connectivity index (χ2v) is 6.97. The van der Waals surface area contributed by atoms with E-state index in [1.54, 1.807) is 41.3 Å². The topological polar surface area (TPSA) is 40.5 Å². The minimum atomic E-state index is -1.09. The zero-order chi connectivity index (χ0) is 17.9. The van der Waals surface area contributed by atoms with Gasteiger partial charge in [-0.3, -0.25) is 4.79 Å². The summed E-state index contributed by atoms with van der Waals surface area (Å²) < 4.78 is 0. The fraction of sp³-hybridized carbons (Fsp3) is 0.250. The highest BCUT2D eigenvalue weighted by molar-refractivity contribution is 6.31. The summed E-state index contributed by atoms with van der Waals surface area (Å²) in [5.41, 5.74) is 0.231. The number of hydrogen-bond acceptors (Lipinski definition) is 2. The number of aliphatic hydroxyl groups is 1. The molecular formula is C20H17Cl2NO2. The molecule has 2 aromatic rings. The number of carbonyl (C=O) groups is 1. The minimum Gasteiger partial charge on any atom is -0.377 e. The number of amides is 1. The summed E-state index contributed by atoms with van der Waals surface area (Å²) in [6, 6.07) is 14.1. The molecule has 1 N–H and O–H groups in total. The lowest BCUT2D eigenvalue weighted by atomic mass is 9.91. The fourth-order valence-corrected chi connectivity index (χ4v) is 3.14. The summed E-state index contributed by atoms with van der Waals surface area (Å²) >= 11 is 11.9. The highest BCUT2D eigenvalue weighted by atomic mass is 35.5. The van der Waals surface area contributed by atoms with Crippen LogP contribution in [0.2, 0.25) is 10.0 Å². The highest BCUT2D eigenvalue weighted by Crippen LogP contribution is 2.23. The van der Waals surface area contributed by atoms with Gasteiger partial charge in [0.25, 0.3) is 5.91 Å². The van der Waals surface area contributed by atoms with Crippen molar-refractivity contribution < 1.29 is 9.90 Å². The number of carbonyl (C=O) groups excluding carboxylic acids is 1. The summed E-state index contributed by atoms with van der Waals surface area (Å²) in [5.74, 6) is 5.83. The summed E-state index contributed by atoms with van der Waals surface area (Å²) in [4.78, 5) is 14.2. The van der Waals surface area contributed by atoms with Gasteiger partial charge < -0.3 is 10.0 Å². The normalized spacial score (nSPS) is 16.0. The molecule has 0 saturated carbocycles. The van der Waals surface area contributed by atoms with Gasteiger partial charge in [0.15, 0.2) is 0 Å². The molecular weight excluding hydrogens is 357 g/mol.